The number of nitrogens with one attached hydrogen (secondary N) is 1. The highest BCUT2D eigenvalue weighted by molar-refractivity contribution is 7.92. The van der Waals surface area contributed by atoms with E-state index in [0.717, 1.165) is 0 Å². The third-order valence-corrected chi connectivity index (χ3v) is 5.52. The third kappa shape index (κ3) is 2.23. The molecule has 1 aliphatic heterocycles. The van der Waals surface area contributed by atoms with Crippen molar-refractivity contribution in [2.75, 3.05) is 10.8 Å². The SMILES string of the molecule is Cc1[nH]ncc1S(=O)(=O)N1CCCC(=O)c2ccccc21. The minimum Gasteiger partial charge on any atom is -0.294 e. The molecule has 0 saturated heterocycles. The number of fused-ring (bicyclic) bond motifs is 1. The number of aromatic amines is 1. The summed E-state index contributed by atoms with van der Waals surface area (Å²) in [6.45, 7) is 1.95. The number of H-pyrrole nitrogens is 1. The molecule has 1 aromatic heterocycles. The van der Waals surface area contributed by atoms with Gasteiger partial charge in [-0.25, -0.2) is 8.42 Å². The fourth-order valence-corrected chi connectivity index (χ4v) is 4.18. The molecule has 1 aliphatic rings. The number of sulfonamides is 1. The number of aryl methyl sites for hydroxylation is 1. The zero-order valence-electron chi connectivity index (χ0n) is 11.5. The number of aromatic nitrogens is 2. The van der Waals surface area contributed by atoms with Crippen molar-refractivity contribution < 1.29 is 13.2 Å². The molecule has 0 amide bonds. The number of benzene rings is 1. The zero-order valence-corrected chi connectivity index (χ0v) is 12.4. The summed E-state index contributed by atoms with van der Waals surface area (Å²) in [4.78, 5) is 12.2. The quantitative estimate of drug-likeness (QED) is 0.918. The molecule has 110 valence electrons. The minimum absolute atomic E-state index is 0.0211. The van der Waals surface area contributed by atoms with E-state index in [2.05, 4.69) is 10.2 Å². The Morgan fingerprint density at radius 3 is 2.76 bits per heavy atom. The van der Waals surface area contributed by atoms with Crippen LogP contribution in [0.1, 0.15) is 28.9 Å². The van der Waals surface area contributed by atoms with Crippen molar-refractivity contribution in [3.05, 3.63) is 41.7 Å². The summed E-state index contributed by atoms with van der Waals surface area (Å²) in [6, 6.07) is 6.83. The van der Waals surface area contributed by atoms with Gasteiger partial charge in [0, 0.05) is 18.5 Å². The van der Waals surface area contributed by atoms with Gasteiger partial charge >= 0.3 is 0 Å². The molecule has 0 unspecified atom stereocenters. The maximum Gasteiger partial charge on any atom is 0.267 e. The summed E-state index contributed by atoms with van der Waals surface area (Å²) in [5.41, 5.74) is 1.39. The number of Topliss-reactive ketones (excluding diaryl/α,β-unsaturated/α-hetero) is 1. The summed E-state index contributed by atoms with van der Waals surface area (Å²) in [7, 11) is -3.72. The van der Waals surface area contributed by atoms with Gasteiger partial charge in [-0.2, -0.15) is 5.10 Å². The van der Waals surface area contributed by atoms with Gasteiger partial charge < -0.3 is 0 Å². The average molecular weight is 305 g/mol. The lowest BCUT2D eigenvalue weighted by Gasteiger charge is -2.23. The van der Waals surface area contributed by atoms with E-state index in [1.165, 1.54) is 10.5 Å². The second kappa shape index (κ2) is 5.00. The smallest absolute Gasteiger partial charge is 0.267 e. The molecule has 2 aromatic rings. The Labute approximate surface area is 122 Å². The van der Waals surface area contributed by atoms with Gasteiger partial charge in [0.25, 0.3) is 10.0 Å². The highest BCUT2D eigenvalue weighted by Crippen LogP contribution is 2.31. The van der Waals surface area contributed by atoms with Crippen molar-refractivity contribution in [2.45, 2.75) is 24.7 Å². The normalized spacial score (nSPS) is 15.7. The molecule has 1 aromatic carbocycles. The number of anilines is 1. The third-order valence-electron chi connectivity index (χ3n) is 3.59. The van der Waals surface area contributed by atoms with Crippen LogP contribution in [0.15, 0.2) is 35.4 Å². The number of carbonyl (C=O) groups excluding carboxylic acids is 1. The van der Waals surface area contributed by atoms with Gasteiger partial charge in [0.15, 0.2) is 5.78 Å². The molecule has 2 heterocycles. The molecule has 6 nitrogen and oxygen atoms in total. The van der Waals surface area contributed by atoms with Gasteiger partial charge in [-0.3, -0.25) is 14.2 Å². The van der Waals surface area contributed by atoms with Crippen LogP contribution in [-0.2, 0) is 10.0 Å². The first kappa shape index (κ1) is 13.8. The highest BCUT2D eigenvalue weighted by atomic mass is 32.2. The lowest BCUT2D eigenvalue weighted by Crippen LogP contribution is -2.32. The number of rotatable bonds is 2. The fraction of sp³-hybridized carbons (Fsp3) is 0.286. The first-order valence-electron chi connectivity index (χ1n) is 6.67. The van der Waals surface area contributed by atoms with Crippen LogP contribution in [0.4, 0.5) is 5.69 Å². The fourth-order valence-electron chi connectivity index (χ4n) is 2.53. The molecule has 21 heavy (non-hydrogen) atoms. The average Bonchev–Trinajstić information content (AvgIpc) is 2.82. The summed E-state index contributed by atoms with van der Waals surface area (Å²) >= 11 is 0. The van der Waals surface area contributed by atoms with Crippen LogP contribution in [0.2, 0.25) is 0 Å². The standard InChI is InChI=1S/C14H15N3O3S/c1-10-14(9-15-16-10)21(19,20)17-8-4-7-13(18)11-5-2-3-6-12(11)17/h2-3,5-6,9H,4,7-8H2,1H3,(H,15,16). The number of ketones is 1. The van der Waals surface area contributed by atoms with Crippen molar-refractivity contribution in [2.24, 2.45) is 0 Å². The Balaban J connectivity index is 2.17. The van der Waals surface area contributed by atoms with Crippen molar-refractivity contribution in [3.63, 3.8) is 0 Å². The summed E-state index contributed by atoms with van der Waals surface area (Å²) in [5.74, 6) is -0.0211. The molecule has 7 heteroatoms. The van der Waals surface area contributed by atoms with E-state index in [9.17, 15) is 13.2 Å². The molecule has 0 bridgehead atoms. The van der Waals surface area contributed by atoms with Crippen LogP contribution in [0, 0.1) is 6.92 Å². The maximum atomic E-state index is 12.8. The van der Waals surface area contributed by atoms with Gasteiger partial charge in [0.1, 0.15) is 4.90 Å². The van der Waals surface area contributed by atoms with E-state index >= 15 is 0 Å². The highest BCUT2D eigenvalue weighted by Gasteiger charge is 2.31. The molecular formula is C14H15N3O3S. The molecule has 1 N–H and O–H groups in total. The minimum atomic E-state index is -3.72. The van der Waals surface area contributed by atoms with Crippen molar-refractivity contribution in [3.8, 4) is 0 Å². The monoisotopic (exact) mass is 305 g/mol. The number of carbonyl (C=O) groups is 1. The van der Waals surface area contributed by atoms with E-state index in [4.69, 9.17) is 0 Å². The zero-order chi connectivity index (χ0) is 15.0. The van der Waals surface area contributed by atoms with Gasteiger partial charge in [0.05, 0.1) is 17.6 Å². The van der Waals surface area contributed by atoms with E-state index in [1.54, 1.807) is 31.2 Å². The molecule has 0 aliphatic carbocycles. The molecular weight excluding hydrogens is 290 g/mol. The number of hydrogen-bond acceptors (Lipinski definition) is 4. The lowest BCUT2D eigenvalue weighted by atomic mass is 10.1. The van der Waals surface area contributed by atoms with E-state index in [0.29, 0.717) is 29.8 Å². The van der Waals surface area contributed by atoms with Crippen LogP contribution >= 0.6 is 0 Å². The summed E-state index contributed by atoms with van der Waals surface area (Å²) in [6.07, 6.45) is 2.16. The summed E-state index contributed by atoms with van der Waals surface area (Å²) < 4.78 is 27.0. The molecule has 0 atom stereocenters. The Bertz CT molecular complexity index is 795. The predicted molar refractivity (Wildman–Crippen MR) is 77.9 cm³/mol. The predicted octanol–water partition coefficient (Wildman–Crippen LogP) is 1.89. The molecule has 0 fully saturated rings. The van der Waals surface area contributed by atoms with Gasteiger partial charge in [-0.1, -0.05) is 12.1 Å². The number of para-hydroxylation sites is 1. The van der Waals surface area contributed by atoms with Crippen molar-refractivity contribution >= 4 is 21.5 Å². The number of nitrogens with zero attached hydrogens (tertiary/aromatic N) is 2. The van der Waals surface area contributed by atoms with Crippen LogP contribution in [0.25, 0.3) is 0 Å². The number of hydrogen-bond donors (Lipinski definition) is 1. The van der Waals surface area contributed by atoms with E-state index in [-0.39, 0.29) is 17.2 Å². The maximum absolute atomic E-state index is 12.8. The molecule has 3 rings (SSSR count). The Hall–Kier alpha value is -2.15. The van der Waals surface area contributed by atoms with Crippen LogP contribution in [0.3, 0.4) is 0 Å². The van der Waals surface area contributed by atoms with Gasteiger partial charge in [-0.15, -0.1) is 0 Å². The lowest BCUT2D eigenvalue weighted by molar-refractivity contribution is 0.0984. The van der Waals surface area contributed by atoms with Gasteiger partial charge in [0.2, 0.25) is 0 Å². The molecule has 0 radical (unpaired) electrons. The van der Waals surface area contributed by atoms with E-state index < -0.39 is 10.0 Å². The van der Waals surface area contributed by atoms with Crippen LogP contribution < -0.4 is 4.31 Å². The first-order valence-corrected chi connectivity index (χ1v) is 8.11. The largest absolute Gasteiger partial charge is 0.294 e. The second-order valence-corrected chi connectivity index (χ2v) is 6.81. The second-order valence-electron chi connectivity index (χ2n) is 4.98. The van der Waals surface area contributed by atoms with Crippen LogP contribution in [-0.4, -0.2) is 30.9 Å². The van der Waals surface area contributed by atoms with Crippen LogP contribution in [0.5, 0.6) is 0 Å². The van der Waals surface area contributed by atoms with E-state index in [1.807, 2.05) is 0 Å². The Kier molecular flexibility index (Phi) is 3.29. The summed E-state index contributed by atoms with van der Waals surface area (Å²) in [5, 5.41) is 6.42. The topological polar surface area (TPSA) is 83.1 Å². The first-order chi connectivity index (χ1) is 10.0. The Morgan fingerprint density at radius 2 is 2.05 bits per heavy atom. The molecule has 0 spiro atoms. The van der Waals surface area contributed by atoms with Crippen molar-refractivity contribution in [1.82, 2.24) is 10.2 Å². The Morgan fingerprint density at radius 1 is 1.29 bits per heavy atom. The van der Waals surface area contributed by atoms with Gasteiger partial charge in [-0.05, 0) is 25.5 Å². The van der Waals surface area contributed by atoms with Crippen molar-refractivity contribution in [1.29, 1.82) is 0 Å². The molecule has 0 saturated carbocycles.